The van der Waals surface area contributed by atoms with Crippen molar-refractivity contribution in [2.24, 2.45) is 0 Å². The lowest BCUT2D eigenvalue weighted by Gasteiger charge is -2.39. The van der Waals surface area contributed by atoms with Crippen LogP contribution in [0.5, 0.6) is 0 Å². The van der Waals surface area contributed by atoms with Gasteiger partial charge in [0.2, 0.25) is 0 Å². The summed E-state index contributed by atoms with van der Waals surface area (Å²) in [7, 11) is 0. The van der Waals surface area contributed by atoms with Crippen LogP contribution in [0.4, 0.5) is 0 Å². The van der Waals surface area contributed by atoms with Gasteiger partial charge in [-0.1, -0.05) is 6.42 Å². The summed E-state index contributed by atoms with van der Waals surface area (Å²) in [5.41, 5.74) is 0. The Morgan fingerprint density at radius 1 is 1.24 bits per heavy atom. The zero-order valence-corrected chi connectivity index (χ0v) is 11.2. The highest BCUT2D eigenvalue weighted by atomic mass is 16.7. The third kappa shape index (κ3) is 5.34. The summed E-state index contributed by atoms with van der Waals surface area (Å²) < 4.78 is 11.2. The maximum atomic E-state index is 8.94. The fraction of sp³-hybridized carbons (Fsp3) is 1.00. The van der Waals surface area contributed by atoms with Crippen molar-refractivity contribution < 1.29 is 14.6 Å². The first-order chi connectivity index (χ1) is 8.31. The standard InChI is InChI=1S/C13H27NO3/c1-3-16-13(17-4-2)11-14(9-6-10-15)12-7-5-8-12/h12-13,15H,3-11H2,1-2H3. The molecule has 0 bridgehead atoms. The first-order valence-electron chi connectivity index (χ1n) is 6.89. The average Bonchev–Trinajstić information content (AvgIpc) is 2.24. The van der Waals surface area contributed by atoms with E-state index in [0.29, 0.717) is 19.3 Å². The van der Waals surface area contributed by atoms with Crippen LogP contribution in [0, 0.1) is 0 Å². The third-order valence-corrected chi connectivity index (χ3v) is 3.28. The lowest BCUT2D eigenvalue weighted by Crippen LogP contribution is -2.46. The van der Waals surface area contributed by atoms with Crippen LogP contribution < -0.4 is 0 Å². The van der Waals surface area contributed by atoms with E-state index in [1.54, 1.807) is 0 Å². The fourth-order valence-electron chi connectivity index (χ4n) is 2.17. The molecule has 1 fully saturated rings. The van der Waals surface area contributed by atoms with Gasteiger partial charge in [-0.3, -0.25) is 4.90 Å². The quantitative estimate of drug-likeness (QED) is 0.594. The summed E-state index contributed by atoms with van der Waals surface area (Å²) in [5.74, 6) is 0. The number of rotatable bonds is 10. The van der Waals surface area contributed by atoms with Crippen LogP contribution in [0.1, 0.15) is 39.5 Å². The van der Waals surface area contributed by atoms with Crippen LogP contribution in [0.15, 0.2) is 0 Å². The molecule has 1 aliphatic carbocycles. The second kappa shape index (κ2) is 8.86. The van der Waals surface area contributed by atoms with E-state index in [2.05, 4.69) is 4.90 Å². The number of aliphatic hydroxyl groups excluding tert-OH is 1. The topological polar surface area (TPSA) is 41.9 Å². The maximum absolute atomic E-state index is 8.94. The van der Waals surface area contributed by atoms with Gasteiger partial charge in [-0.05, 0) is 33.1 Å². The SMILES string of the molecule is CCOC(CN(CCCO)C1CCC1)OCC. The van der Waals surface area contributed by atoms with Gasteiger partial charge in [0.1, 0.15) is 0 Å². The average molecular weight is 245 g/mol. The normalized spacial score (nSPS) is 16.8. The summed E-state index contributed by atoms with van der Waals surface area (Å²) in [6, 6.07) is 0.671. The number of nitrogens with zero attached hydrogens (tertiary/aromatic N) is 1. The number of aliphatic hydroxyl groups is 1. The summed E-state index contributed by atoms with van der Waals surface area (Å²) in [4.78, 5) is 2.41. The van der Waals surface area contributed by atoms with Crippen molar-refractivity contribution in [3.05, 3.63) is 0 Å². The van der Waals surface area contributed by atoms with Crippen molar-refractivity contribution in [1.29, 1.82) is 0 Å². The molecule has 0 radical (unpaired) electrons. The Hall–Kier alpha value is -0.160. The van der Waals surface area contributed by atoms with E-state index in [9.17, 15) is 0 Å². The number of ether oxygens (including phenoxy) is 2. The first kappa shape index (κ1) is 14.9. The van der Waals surface area contributed by atoms with Gasteiger partial charge < -0.3 is 14.6 Å². The van der Waals surface area contributed by atoms with E-state index >= 15 is 0 Å². The molecule has 1 N–H and O–H groups in total. The van der Waals surface area contributed by atoms with Crippen molar-refractivity contribution in [3.8, 4) is 0 Å². The van der Waals surface area contributed by atoms with Crippen LogP contribution >= 0.6 is 0 Å². The molecule has 17 heavy (non-hydrogen) atoms. The zero-order chi connectivity index (χ0) is 12.5. The Kier molecular flexibility index (Phi) is 7.77. The van der Waals surface area contributed by atoms with Crippen molar-refractivity contribution in [3.63, 3.8) is 0 Å². The van der Waals surface area contributed by atoms with Gasteiger partial charge in [0, 0.05) is 39.0 Å². The van der Waals surface area contributed by atoms with Crippen LogP contribution in [-0.2, 0) is 9.47 Å². The second-order valence-corrected chi connectivity index (χ2v) is 4.50. The molecule has 0 atom stereocenters. The molecule has 0 saturated heterocycles. The summed E-state index contributed by atoms with van der Waals surface area (Å²) in [5, 5.41) is 8.94. The molecule has 4 nitrogen and oxygen atoms in total. The van der Waals surface area contributed by atoms with E-state index < -0.39 is 0 Å². The van der Waals surface area contributed by atoms with Crippen molar-refractivity contribution in [1.82, 2.24) is 4.90 Å². The molecular formula is C13H27NO3. The van der Waals surface area contributed by atoms with Crippen LogP contribution in [-0.4, -0.2) is 55.2 Å². The Bertz CT molecular complexity index is 180. The van der Waals surface area contributed by atoms with Crippen LogP contribution in [0.3, 0.4) is 0 Å². The lowest BCUT2D eigenvalue weighted by atomic mass is 9.91. The second-order valence-electron chi connectivity index (χ2n) is 4.50. The number of hydrogen-bond donors (Lipinski definition) is 1. The Morgan fingerprint density at radius 2 is 1.88 bits per heavy atom. The molecule has 0 aliphatic heterocycles. The van der Waals surface area contributed by atoms with Crippen molar-refractivity contribution in [2.75, 3.05) is 32.9 Å². The van der Waals surface area contributed by atoms with Crippen LogP contribution in [0.25, 0.3) is 0 Å². The Labute approximate surface area is 105 Å². The monoisotopic (exact) mass is 245 g/mol. The summed E-state index contributed by atoms with van der Waals surface area (Å²) >= 11 is 0. The minimum atomic E-state index is -0.121. The molecular weight excluding hydrogens is 218 g/mol. The molecule has 4 heteroatoms. The molecule has 1 rings (SSSR count). The Morgan fingerprint density at radius 3 is 2.29 bits per heavy atom. The Balaban J connectivity index is 2.37. The van der Waals surface area contributed by atoms with Gasteiger partial charge in [-0.15, -0.1) is 0 Å². The maximum Gasteiger partial charge on any atom is 0.170 e. The van der Waals surface area contributed by atoms with E-state index in [1.807, 2.05) is 13.8 Å². The van der Waals surface area contributed by atoms with Gasteiger partial charge in [0.05, 0.1) is 0 Å². The fourth-order valence-corrected chi connectivity index (χ4v) is 2.17. The minimum absolute atomic E-state index is 0.121. The first-order valence-corrected chi connectivity index (χ1v) is 6.89. The largest absolute Gasteiger partial charge is 0.396 e. The molecule has 0 heterocycles. The molecule has 102 valence electrons. The van der Waals surface area contributed by atoms with E-state index in [-0.39, 0.29) is 12.9 Å². The summed E-state index contributed by atoms with van der Waals surface area (Å²) in [6.07, 6.45) is 4.59. The molecule has 0 amide bonds. The van der Waals surface area contributed by atoms with Crippen molar-refractivity contribution >= 4 is 0 Å². The minimum Gasteiger partial charge on any atom is -0.396 e. The van der Waals surface area contributed by atoms with Gasteiger partial charge in [-0.2, -0.15) is 0 Å². The molecule has 0 unspecified atom stereocenters. The predicted molar refractivity (Wildman–Crippen MR) is 68.0 cm³/mol. The van der Waals surface area contributed by atoms with E-state index in [1.165, 1.54) is 19.3 Å². The molecule has 0 aromatic rings. The van der Waals surface area contributed by atoms with Crippen molar-refractivity contribution in [2.45, 2.75) is 51.9 Å². The van der Waals surface area contributed by atoms with Gasteiger partial charge in [-0.25, -0.2) is 0 Å². The highest BCUT2D eigenvalue weighted by Crippen LogP contribution is 2.25. The highest BCUT2D eigenvalue weighted by molar-refractivity contribution is 4.80. The van der Waals surface area contributed by atoms with Gasteiger partial charge in [0.15, 0.2) is 6.29 Å². The smallest absolute Gasteiger partial charge is 0.170 e. The third-order valence-electron chi connectivity index (χ3n) is 3.28. The molecule has 1 saturated carbocycles. The highest BCUT2D eigenvalue weighted by Gasteiger charge is 2.26. The van der Waals surface area contributed by atoms with Gasteiger partial charge >= 0.3 is 0 Å². The predicted octanol–water partition coefficient (Wildman–Crippen LogP) is 1.62. The van der Waals surface area contributed by atoms with Crippen LogP contribution in [0.2, 0.25) is 0 Å². The zero-order valence-electron chi connectivity index (χ0n) is 11.2. The summed E-state index contributed by atoms with van der Waals surface area (Å²) in [6.45, 7) is 7.38. The molecule has 0 spiro atoms. The molecule has 0 aromatic carbocycles. The van der Waals surface area contributed by atoms with E-state index in [4.69, 9.17) is 14.6 Å². The van der Waals surface area contributed by atoms with Gasteiger partial charge in [0.25, 0.3) is 0 Å². The lowest BCUT2D eigenvalue weighted by molar-refractivity contribution is -0.153. The van der Waals surface area contributed by atoms with E-state index in [0.717, 1.165) is 19.5 Å². The molecule has 1 aliphatic rings. The molecule has 0 aromatic heterocycles. The number of hydrogen-bond acceptors (Lipinski definition) is 4.